The number of nitro groups is 1. The Morgan fingerprint density at radius 1 is 1.34 bits per heavy atom. The molecule has 156 valence electrons. The second-order valence-electron chi connectivity index (χ2n) is 7.17. The molecular weight excluding hydrogens is 394 g/mol. The van der Waals surface area contributed by atoms with Crippen molar-refractivity contribution in [1.29, 1.82) is 0 Å². The van der Waals surface area contributed by atoms with Crippen molar-refractivity contribution in [2.24, 2.45) is 0 Å². The van der Waals surface area contributed by atoms with Gasteiger partial charge in [-0.2, -0.15) is 0 Å². The number of hydrogen-bond acceptors (Lipinski definition) is 6. The number of ether oxygens (including phenoxy) is 2. The van der Waals surface area contributed by atoms with E-state index in [4.69, 9.17) is 21.7 Å². The average molecular weight is 420 g/mol. The number of carbonyl (C=O) groups is 1. The first-order valence-electron chi connectivity index (χ1n) is 9.65. The maximum absolute atomic E-state index is 13.0. The molecule has 0 spiro atoms. The number of rotatable bonds is 7. The van der Waals surface area contributed by atoms with Gasteiger partial charge in [-0.05, 0) is 37.5 Å². The fourth-order valence-electron chi connectivity index (χ4n) is 3.99. The largest absolute Gasteiger partial charge is 0.460 e. The molecule has 1 aromatic rings. The summed E-state index contributed by atoms with van der Waals surface area (Å²) in [7, 11) is 1.53. The molecule has 0 unspecified atom stereocenters. The minimum atomic E-state index is -0.616. The third-order valence-corrected chi connectivity index (χ3v) is 5.69. The second-order valence-corrected chi connectivity index (χ2v) is 7.56. The van der Waals surface area contributed by atoms with Gasteiger partial charge in [0, 0.05) is 31.0 Å². The molecule has 1 fully saturated rings. The molecule has 2 aliphatic rings. The van der Waals surface area contributed by atoms with Crippen LogP contribution >= 0.6 is 12.2 Å². The maximum atomic E-state index is 13.0. The first kappa shape index (κ1) is 21.2. The summed E-state index contributed by atoms with van der Waals surface area (Å²) in [5.74, 6) is -0.478. The van der Waals surface area contributed by atoms with Gasteiger partial charge in [-0.1, -0.05) is 25.0 Å². The van der Waals surface area contributed by atoms with E-state index in [1.165, 1.54) is 19.2 Å². The number of allylic oxidation sites excluding steroid dienone is 1. The smallest absolute Gasteiger partial charge is 0.338 e. The number of thiocarbonyl (C=S) groups is 1. The highest BCUT2D eigenvalue weighted by atomic mass is 32.1. The van der Waals surface area contributed by atoms with Crippen LogP contribution in [0.1, 0.15) is 44.2 Å². The summed E-state index contributed by atoms with van der Waals surface area (Å²) in [5, 5.41) is 15.0. The van der Waals surface area contributed by atoms with Gasteiger partial charge in [0.05, 0.1) is 23.1 Å². The van der Waals surface area contributed by atoms with Crippen LogP contribution in [0.15, 0.2) is 35.5 Å². The zero-order valence-electron chi connectivity index (χ0n) is 16.6. The van der Waals surface area contributed by atoms with Crippen LogP contribution in [0.4, 0.5) is 5.69 Å². The van der Waals surface area contributed by atoms with Crippen molar-refractivity contribution in [2.45, 2.75) is 44.7 Å². The van der Waals surface area contributed by atoms with Crippen LogP contribution in [-0.4, -0.2) is 47.3 Å². The van der Waals surface area contributed by atoms with Gasteiger partial charge in [-0.15, -0.1) is 0 Å². The predicted molar refractivity (Wildman–Crippen MR) is 111 cm³/mol. The summed E-state index contributed by atoms with van der Waals surface area (Å²) in [6, 6.07) is 5.85. The highest BCUT2D eigenvalue weighted by molar-refractivity contribution is 7.80. The zero-order chi connectivity index (χ0) is 21.0. The molecule has 0 radical (unpaired) electrons. The van der Waals surface area contributed by atoms with Crippen LogP contribution in [0.3, 0.4) is 0 Å². The Bertz CT molecular complexity index is 835. The van der Waals surface area contributed by atoms with Gasteiger partial charge in [-0.3, -0.25) is 10.1 Å². The minimum absolute atomic E-state index is 0.0433. The molecule has 1 saturated carbocycles. The molecule has 1 atom stereocenters. The van der Waals surface area contributed by atoms with Crippen molar-refractivity contribution >= 4 is 29.0 Å². The summed E-state index contributed by atoms with van der Waals surface area (Å²) < 4.78 is 10.4. The van der Waals surface area contributed by atoms with Crippen molar-refractivity contribution < 1.29 is 19.2 Å². The van der Waals surface area contributed by atoms with Gasteiger partial charge in [0.1, 0.15) is 6.61 Å². The maximum Gasteiger partial charge on any atom is 0.338 e. The lowest BCUT2D eigenvalue weighted by Gasteiger charge is -2.40. The molecule has 0 aromatic heterocycles. The van der Waals surface area contributed by atoms with Gasteiger partial charge < -0.3 is 19.7 Å². The predicted octanol–water partition coefficient (Wildman–Crippen LogP) is 3.23. The van der Waals surface area contributed by atoms with Gasteiger partial charge in [0.2, 0.25) is 0 Å². The number of benzene rings is 1. The lowest BCUT2D eigenvalue weighted by atomic mass is 9.94. The zero-order valence-corrected chi connectivity index (χ0v) is 17.4. The highest BCUT2D eigenvalue weighted by Crippen LogP contribution is 2.36. The van der Waals surface area contributed by atoms with Gasteiger partial charge in [-0.25, -0.2) is 4.79 Å². The summed E-state index contributed by atoms with van der Waals surface area (Å²) in [5.41, 5.74) is 1.70. The van der Waals surface area contributed by atoms with Crippen molar-refractivity contribution in [1.82, 2.24) is 10.2 Å². The topological polar surface area (TPSA) is 93.9 Å². The van der Waals surface area contributed by atoms with Crippen molar-refractivity contribution in [3.05, 3.63) is 51.2 Å². The van der Waals surface area contributed by atoms with Crippen LogP contribution in [0.25, 0.3) is 0 Å². The lowest BCUT2D eigenvalue weighted by Crippen LogP contribution is -2.51. The van der Waals surface area contributed by atoms with E-state index >= 15 is 0 Å². The number of hydrogen-bond donors (Lipinski definition) is 1. The Balaban J connectivity index is 2.01. The van der Waals surface area contributed by atoms with Crippen molar-refractivity contribution in [3.63, 3.8) is 0 Å². The molecule has 1 aliphatic heterocycles. The molecular formula is C20H25N3O5S. The molecule has 0 saturated heterocycles. The standard InChI is InChI=1S/C20H25N3O5S/c1-13-17(19(24)28-11-10-27-2)18(14-6-5-9-16(12-14)23(25)26)21-20(29)22(13)15-7-3-4-8-15/h5-6,9,12,15,18H,3-4,7-8,10-11H2,1-2H3,(H,21,29)/t18-/m1/s1. The fourth-order valence-corrected chi connectivity index (χ4v) is 4.39. The Kier molecular flexibility index (Phi) is 6.81. The molecule has 1 N–H and O–H groups in total. The van der Waals surface area contributed by atoms with Crippen LogP contribution in [0.5, 0.6) is 0 Å². The number of nitrogens with one attached hydrogen (secondary N) is 1. The SMILES string of the molecule is COCCOC(=O)C1=C(C)N(C2CCCC2)C(=S)N[C@@H]1c1cccc([N+](=O)[O-])c1. The molecule has 0 bridgehead atoms. The quantitative estimate of drug-likeness (QED) is 0.237. The first-order valence-corrected chi connectivity index (χ1v) is 10.1. The minimum Gasteiger partial charge on any atom is -0.460 e. The summed E-state index contributed by atoms with van der Waals surface area (Å²) in [6.45, 7) is 2.28. The van der Waals surface area contributed by atoms with E-state index in [0.717, 1.165) is 31.4 Å². The van der Waals surface area contributed by atoms with E-state index in [1.807, 2.05) is 11.8 Å². The average Bonchev–Trinajstić information content (AvgIpc) is 3.22. The number of esters is 1. The normalized spacial score (nSPS) is 20.0. The number of nitrogens with zero attached hydrogens (tertiary/aromatic N) is 2. The molecule has 1 aliphatic carbocycles. The van der Waals surface area contributed by atoms with E-state index in [-0.39, 0.29) is 24.9 Å². The summed E-state index contributed by atoms with van der Waals surface area (Å²) >= 11 is 5.62. The van der Waals surface area contributed by atoms with Gasteiger partial charge >= 0.3 is 5.97 Å². The lowest BCUT2D eigenvalue weighted by molar-refractivity contribution is -0.384. The number of carbonyl (C=O) groups excluding carboxylic acids is 1. The van der Waals surface area contributed by atoms with Crippen LogP contribution in [-0.2, 0) is 14.3 Å². The Labute approximate surface area is 175 Å². The van der Waals surface area contributed by atoms with E-state index in [2.05, 4.69) is 5.32 Å². The number of nitro benzene ring substituents is 1. The third-order valence-electron chi connectivity index (χ3n) is 5.37. The van der Waals surface area contributed by atoms with E-state index in [9.17, 15) is 14.9 Å². The number of non-ortho nitro benzene ring substituents is 1. The molecule has 9 heteroatoms. The van der Waals surface area contributed by atoms with Gasteiger partial charge in [0.25, 0.3) is 5.69 Å². The van der Waals surface area contributed by atoms with Crippen molar-refractivity contribution in [3.8, 4) is 0 Å². The Morgan fingerprint density at radius 2 is 2.07 bits per heavy atom. The van der Waals surface area contributed by atoms with Crippen LogP contribution < -0.4 is 5.32 Å². The monoisotopic (exact) mass is 419 g/mol. The molecule has 29 heavy (non-hydrogen) atoms. The van der Waals surface area contributed by atoms with Crippen LogP contribution in [0, 0.1) is 10.1 Å². The molecule has 1 heterocycles. The Hall–Kier alpha value is -2.52. The van der Waals surface area contributed by atoms with Crippen LogP contribution in [0.2, 0.25) is 0 Å². The summed E-state index contributed by atoms with van der Waals surface area (Å²) in [4.78, 5) is 25.7. The van der Waals surface area contributed by atoms with E-state index in [0.29, 0.717) is 16.2 Å². The second kappa shape index (κ2) is 9.32. The molecule has 3 rings (SSSR count). The molecule has 1 aromatic carbocycles. The third kappa shape index (κ3) is 4.56. The first-order chi connectivity index (χ1) is 13.9. The Morgan fingerprint density at radius 3 is 2.72 bits per heavy atom. The number of methoxy groups -OCH3 is 1. The fraction of sp³-hybridized carbons (Fsp3) is 0.500. The summed E-state index contributed by atoms with van der Waals surface area (Å²) in [6.07, 6.45) is 4.26. The molecule has 8 nitrogen and oxygen atoms in total. The highest BCUT2D eigenvalue weighted by Gasteiger charge is 2.38. The van der Waals surface area contributed by atoms with E-state index in [1.54, 1.807) is 12.1 Å². The van der Waals surface area contributed by atoms with E-state index < -0.39 is 16.9 Å². The molecule has 0 amide bonds. The van der Waals surface area contributed by atoms with Gasteiger partial charge in [0.15, 0.2) is 5.11 Å². The van der Waals surface area contributed by atoms with Crippen molar-refractivity contribution in [2.75, 3.05) is 20.3 Å².